The zero-order valence-electron chi connectivity index (χ0n) is 9.26. The molecule has 0 atom stereocenters. The maximum Gasteiger partial charge on any atom is 0.149 e. The summed E-state index contributed by atoms with van der Waals surface area (Å²) >= 11 is 6.10. The van der Waals surface area contributed by atoms with Crippen LogP contribution in [0.25, 0.3) is 16.7 Å². The van der Waals surface area contributed by atoms with Crippen LogP contribution in [0.1, 0.15) is 5.56 Å². The monoisotopic (exact) mass is 243 g/mol. The Morgan fingerprint density at radius 1 is 1.12 bits per heavy atom. The second-order valence-electron chi connectivity index (χ2n) is 3.88. The van der Waals surface area contributed by atoms with Gasteiger partial charge in [-0.3, -0.25) is 0 Å². The molecule has 3 aromatic rings. The predicted octanol–water partition coefficient (Wildman–Crippen LogP) is 3.38. The van der Waals surface area contributed by atoms with Gasteiger partial charge in [-0.15, -0.1) is 0 Å². The van der Waals surface area contributed by atoms with E-state index in [1.54, 1.807) is 0 Å². The summed E-state index contributed by atoms with van der Waals surface area (Å²) in [6, 6.07) is 10.1. The second-order valence-corrected chi connectivity index (χ2v) is 4.24. The van der Waals surface area contributed by atoms with Crippen LogP contribution in [-0.4, -0.2) is 14.5 Å². The fourth-order valence-corrected chi connectivity index (χ4v) is 2.26. The molecule has 3 nitrogen and oxygen atoms in total. The molecule has 0 radical (unpaired) electrons. The predicted molar refractivity (Wildman–Crippen MR) is 68.6 cm³/mol. The van der Waals surface area contributed by atoms with Crippen LogP contribution in [0.4, 0.5) is 0 Å². The SMILES string of the molecule is Cc1cn(-c2ccccc2)c2ncnc(Cl)c12. The van der Waals surface area contributed by atoms with Crippen LogP contribution < -0.4 is 0 Å². The highest BCUT2D eigenvalue weighted by atomic mass is 35.5. The molecule has 0 saturated heterocycles. The van der Waals surface area contributed by atoms with E-state index in [0.717, 1.165) is 22.3 Å². The van der Waals surface area contributed by atoms with Crippen LogP contribution in [0.3, 0.4) is 0 Å². The summed E-state index contributed by atoms with van der Waals surface area (Å²) in [4.78, 5) is 8.32. The molecule has 0 aliphatic heterocycles. The molecule has 0 fully saturated rings. The van der Waals surface area contributed by atoms with E-state index in [2.05, 4.69) is 9.97 Å². The van der Waals surface area contributed by atoms with E-state index in [1.165, 1.54) is 6.33 Å². The van der Waals surface area contributed by atoms with E-state index < -0.39 is 0 Å². The van der Waals surface area contributed by atoms with E-state index in [-0.39, 0.29) is 0 Å². The zero-order valence-corrected chi connectivity index (χ0v) is 10.0. The molecule has 0 aliphatic rings. The summed E-state index contributed by atoms with van der Waals surface area (Å²) < 4.78 is 2.03. The lowest BCUT2D eigenvalue weighted by molar-refractivity contribution is 1.07. The molecule has 1 aromatic carbocycles. The van der Waals surface area contributed by atoms with Gasteiger partial charge in [0.15, 0.2) is 0 Å². The van der Waals surface area contributed by atoms with E-state index in [0.29, 0.717) is 5.15 Å². The van der Waals surface area contributed by atoms with Crippen LogP contribution in [0, 0.1) is 6.92 Å². The van der Waals surface area contributed by atoms with Crippen LogP contribution in [0.15, 0.2) is 42.9 Å². The zero-order chi connectivity index (χ0) is 11.8. The van der Waals surface area contributed by atoms with Crippen molar-refractivity contribution in [2.75, 3.05) is 0 Å². The highest BCUT2D eigenvalue weighted by Gasteiger charge is 2.11. The Labute approximate surface area is 104 Å². The molecule has 0 amide bonds. The van der Waals surface area contributed by atoms with Crippen molar-refractivity contribution in [2.45, 2.75) is 6.92 Å². The van der Waals surface area contributed by atoms with E-state index >= 15 is 0 Å². The summed E-state index contributed by atoms with van der Waals surface area (Å²) in [5.41, 5.74) is 2.99. The minimum Gasteiger partial charge on any atom is -0.301 e. The van der Waals surface area contributed by atoms with Crippen molar-refractivity contribution in [3.63, 3.8) is 0 Å². The van der Waals surface area contributed by atoms with Gasteiger partial charge in [0.25, 0.3) is 0 Å². The van der Waals surface area contributed by atoms with Crippen LogP contribution in [0.5, 0.6) is 0 Å². The molecule has 17 heavy (non-hydrogen) atoms. The number of halogens is 1. The molecular weight excluding hydrogens is 234 g/mol. The van der Waals surface area contributed by atoms with Crippen LogP contribution >= 0.6 is 11.6 Å². The second kappa shape index (κ2) is 3.86. The normalized spacial score (nSPS) is 10.9. The van der Waals surface area contributed by atoms with Gasteiger partial charge in [0, 0.05) is 11.9 Å². The molecule has 0 N–H and O–H groups in total. The summed E-state index contributed by atoms with van der Waals surface area (Å²) in [7, 11) is 0. The van der Waals surface area contributed by atoms with Gasteiger partial charge < -0.3 is 4.57 Å². The van der Waals surface area contributed by atoms with Crippen LogP contribution in [-0.2, 0) is 0 Å². The quantitative estimate of drug-likeness (QED) is 0.614. The van der Waals surface area contributed by atoms with E-state index in [9.17, 15) is 0 Å². The average molecular weight is 244 g/mol. The van der Waals surface area contributed by atoms with Crippen molar-refractivity contribution >= 4 is 22.6 Å². The van der Waals surface area contributed by atoms with E-state index in [1.807, 2.05) is 48.0 Å². The Bertz CT molecular complexity index is 674. The standard InChI is InChI=1S/C13H10ClN3/c1-9-7-17(10-5-3-2-4-6-10)13-11(9)12(14)15-8-16-13/h2-8H,1H3. The summed E-state index contributed by atoms with van der Waals surface area (Å²) in [6.07, 6.45) is 3.52. The molecule has 0 unspecified atom stereocenters. The minimum atomic E-state index is 0.502. The maximum atomic E-state index is 6.10. The highest BCUT2D eigenvalue weighted by Crippen LogP contribution is 2.26. The van der Waals surface area contributed by atoms with Crippen molar-refractivity contribution in [3.8, 4) is 5.69 Å². The van der Waals surface area contributed by atoms with Crippen molar-refractivity contribution in [1.29, 1.82) is 0 Å². The van der Waals surface area contributed by atoms with Gasteiger partial charge in [0.1, 0.15) is 17.1 Å². The van der Waals surface area contributed by atoms with Crippen LogP contribution in [0.2, 0.25) is 5.15 Å². The van der Waals surface area contributed by atoms with Crippen molar-refractivity contribution in [3.05, 3.63) is 53.6 Å². The van der Waals surface area contributed by atoms with Gasteiger partial charge in [-0.2, -0.15) is 0 Å². The number of nitrogens with zero attached hydrogens (tertiary/aromatic N) is 3. The molecule has 0 saturated carbocycles. The molecule has 84 valence electrons. The number of para-hydroxylation sites is 1. The number of rotatable bonds is 1. The Balaban J connectivity index is 2.36. The van der Waals surface area contributed by atoms with Gasteiger partial charge in [-0.25, -0.2) is 9.97 Å². The Morgan fingerprint density at radius 2 is 1.88 bits per heavy atom. The largest absolute Gasteiger partial charge is 0.301 e. The topological polar surface area (TPSA) is 30.7 Å². The van der Waals surface area contributed by atoms with Crippen molar-refractivity contribution < 1.29 is 0 Å². The molecule has 2 heterocycles. The molecule has 4 heteroatoms. The number of benzene rings is 1. The Kier molecular flexibility index (Phi) is 2.34. The lowest BCUT2D eigenvalue weighted by atomic mass is 10.3. The maximum absolute atomic E-state index is 6.10. The number of aryl methyl sites for hydroxylation is 1. The van der Waals surface area contributed by atoms with Crippen molar-refractivity contribution in [2.24, 2.45) is 0 Å². The molecule has 3 rings (SSSR count). The summed E-state index contributed by atoms with van der Waals surface area (Å²) in [5, 5.41) is 1.42. The molecule has 0 spiro atoms. The number of hydrogen-bond acceptors (Lipinski definition) is 2. The van der Waals surface area contributed by atoms with Gasteiger partial charge >= 0.3 is 0 Å². The Hall–Kier alpha value is -1.87. The van der Waals surface area contributed by atoms with Gasteiger partial charge in [-0.05, 0) is 24.6 Å². The fourth-order valence-electron chi connectivity index (χ4n) is 1.98. The smallest absolute Gasteiger partial charge is 0.149 e. The molecular formula is C13H10ClN3. The minimum absolute atomic E-state index is 0.502. The van der Waals surface area contributed by atoms with Gasteiger partial charge in [0.05, 0.1) is 5.39 Å². The number of hydrogen-bond donors (Lipinski definition) is 0. The molecule has 0 aliphatic carbocycles. The fraction of sp³-hybridized carbons (Fsp3) is 0.0769. The first kappa shape index (κ1) is 10.3. The van der Waals surface area contributed by atoms with Crippen molar-refractivity contribution in [1.82, 2.24) is 14.5 Å². The number of fused-ring (bicyclic) bond motifs is 1. The van der Waals surface area contributed by atoms with Gasteiger partial charge in [-0.1, -0.05) is 29.8 Å². The third-order valence-corrected chi connectivity index (χ3v) is 3.05. The third-order valence-electron chi connectivity index (χ3n) is 2.76. The first-order valence-corrected chi connectivity index (χ1v) is 5.69. The molecule has 2 aromatic heterocycles. The average Bonchev–Trinajstić information content (AvgIpc) is 2.69. The third kappa shape index (κ3) is 1.59. The molecule has 0 bridgehead atoms. The first-order chi connectivity index (χ1) is 8.27. The van der Waals surface area contributed by atoms with E-state index in [4.69, 9.17) is 11.6 Å². The summed E-state index contributed by atoms with van der Waals surface area (Å²) in [6.45, 7) is 2.01. The first-order valence-electron chi connectivity index (χ1n) is 5.31. The number of aromatic nitrogens is 3. The Morgan fingerprint density at radius 3 is 2.65 bits per heavy atom. The lowest BCUT2D eigenvalue weighted by Gasteiger charge is -2.03. The highest BCUT2D eigenvalue weighted by molar-refractivity contribution is 6.34. The lowest BCUT2D eigenvalue weighted by Crippen LogP contribution is -1.93. The summed E-state index contributed by atoms with van der Waals surface area (Å²) in [5.74, 6) is 0. The van der Waals surface area contributed by atoms with Gasteiger partial charge in [0.2, 0.25) is 0 Å².